The molecule has 0 aromatic rings. The predicted octanol–water partition coefficient (Wildman–Crippen LogP) is 11.0. The Hall–Kier alpha value is -1.82. The molecule has 0 amide bonds. The van der Waals surface area contributed by atoms with Crippen molar-refractivity contribution >= 4 is 0 Å². The molecule has 0 heterocycles. The maximum atomic E-state index is 4.42. The molecule has 1 unspecified atom stereocenters. The maximum absolute atomic E-state index is 4.42. The summed E-state index contributed by atoms with van der Waals surface area (Å²) in [4.78, 5) is 0. The minimum atomic E-state index is 0.507. The first kappa shape index (κ1) is 30.2. The summed E-state index contributed by atoms with van der Waals surface area (Å²) >= 11 is 0. The Bertz CT molecular complexity index is 856. The van der Waals surface area contributed by atoms with Crippen molar-refractivity contribution in [2.45, 2.75) is 116 Å². The number of rotatable bonds is 11. The lowest BCUT2D eigenvalue weighted by atomic mass is 9.81. The molecule has 0 aliphatic rings. The van der Waals surface area contributed by atoms with Gasteiger partial charge in [0.2, 0.25) is 0 Å². The van der Waals surface area contributed by atoms with Gasteiger partial charge in [0.25, 0.3) is 0 Å². The van der Waals surface area contributed by atoms with Gasteiger partial charge in [-0.05, 0) is 149 Å². The SMILES string of the molecule is C=C(C(C)=CCC)C(C)=C(C)C(=C(C)C(C)=C(C)C(C)=C(C)C(=CC)CCC)C(C)CC. The van der Waals surface area contributed by atoms with Crippen LogP contribution in [0.1, 0.15) is 116 Å². The van der Waals surface area contributed by atoms with Gasteiger partial charge in [-0.2, -0.15) is 0 Å². The van der Waals surface area contributed by atoms with E-state index in [1.165, 1.54) is 67.7 Å². The maximum Gasteiger partial charge on any atom is -0.0188 e. The van der Waals surface area contributed by atoms with Crippen molar-refractivity contribution in [3.8, 4) is 0 Å². The van der Waals surface area contributed by atoms with Crippen LogP contribution in [-0.2, 0) is 0 Å². The van der Waals surface area contributed by atoms with E-state index in [2.05, 4.69) is 109 Å². The van der Waals surface area contributed by atoms with E-state index in [0.717, 1.165) is 19.3 Å². The summed E-state index contributed by atoms with van der Waals surface area (Å²) in [6, 6.07) is 0. The van der Waals surface area contributed by atoms with Gasteiger partial charge in [0.1, 0.15) is 0 Å². The molecule has 1 atom stereocenters. The smallest absolute Gasteiger partial charge is 0.0188 e. The molecular weight excluding hydrogens is 384 g/mol. The Kier molecular flexibility index (Phi) is 13.5. The Labute approximate surface area is 201 Å². The minimum absolute atomic E-state index is 0.507. The average molecular weight is 437 g/mol. The Morgan fingerprint density at radius 2 is 1.22 bits per heavy atom. The molecule has 0 radical (unpaired) electrons. The normalized spacial score (nSPS) is 17.3. The first-order valence-electron chi connectivity index (χ1n) is 12.7. The third-order valence-electron chi connectivity index (χ3n) is 7.51. The third-order valence-corrected chi connectivity index (χ3v) is 7.51. The van der Waals surface area contributed by atoms with Crippen molar-refractivity contribution in [1.82, 2.24) is 0 Å². The van der Waals surface area contributed by atoms with Crippen LogP contribution in [0.25, 0.3) is 0 Å². The van der Waals surface area contributed by atoms with Gasteiger partial charge < -0.3 is 0 Å². The molecule has 0 aromatic heterocycles. The molecule has 0 heteroatoms. The molecule has 0 rings (SSSR count). The summed E-state index contributed by atoms with van der Waals surface area (Å²) in [5, 5.41) is 0. The molecule has 0 fully saturated rings. The second kappa shape index (κ2) is 14.4. The highest BCUT2D eigenvalue weighted by Gasteiger charge is 2.18. The Morgan fingerprint density at radius 1 is 0.719 bits per heavy atom. The van der Waals surface area contributed by atoms with Crippen molar-refractivity contribution in [2.24, 2.45) is 5.92 Å². The molecule has 0 saturated heterocycles. The average Bonchev–Trinajstić information content (AvgIpc) is 2.79. The van der Waals surface area contributed by atoms with Gasteiger partial charge in [-0.3, -0.25) is 0 Å². The van der Waals surface area contributed by atoms with Crippen LogP contribution in [0.15, 0.2) is 80.0 Å². The molecule has 0 nitrogen and oxygen atoms in total. The van der Waals surface area contributed by atoms with Crippen molar-refractivity contribution in [3.05, 3.63) is 80.0 Å². The van der Waals surface area contributed by atoms with E-state index in [0.29, 0.717) is 5.92 Å². The zero-order chi connectivity index (χ0) is 25.2. The van der Waals surface area contributed by atoms with Gasteiger partial charge in [0.15, 0.2) is 0 Å². The largest absolute Gasteiger partial charge is 0.0912 e. The van der Waals surface area contributed by atoms with E-state index >= 15 is 0 Å². The van der Waals surface area contributed by atoms with Crippen LogP contribution < -0.4 is 0 Å². The zero-order valence-corrected chi connectivity index (χ0v) is 23.8. The molecule has 0 saturated carbocycles. The first-order chi connectivity index (χ1) is 14.9. The highest BCUT2D eigenvalue weighted by Crippen LogP contribution is 2.36. The fourth-order valence-electron chi connectivity index (χ4n) is 4.48. The fraction of sp³-hybridized carbons (Fsp3) is 0.562. The van der Waals surface area contributed by atoms with Gasteiger partial charge in [-0.15, -0.1) is 0 Å². The van der Waals surface area contributed by atoms with Crippen LogP contribution in [0.4, 0.5) is 0 Å². The van der Waals surface area contributed by atoms with Crippen molar-refractivity contribution in [1.29, 1.82) is 0 Å². The van der Waals surface area contributed by atoms with Crippen molar-refractivity contribution in [3.63, 3.8) is 0 Å². The summed E-state index contributed by atoms with van der Waals surface area (Å²) in [5.41, 5.74) is 15.2. The van der Waals surface area contributed by atoms with E-state index in [1.54, 1.807) is 0 Å². The van der Waals surface area contributed by atoms with Crippen LogP contribution in [0.5, 0.6) is 0 Å². The molecule has 0 spiro atoms. The minimum Gasteiger partial charge on any atom is -0.0912 e. The highest BCUT2D eigenvalue weighted by molar-refractivity contribution is 5.55. The number of allylic oxidation sites excluding steroid dienone is 13. The second-order valence-corrected chi connectivity index (χ2v) is 9.44. The number of hydrogen-bond donors (Lipinski definition) is 0. The van der Waals surface area contributed by atoms with Gasteiger partial charge in [0, 0.05) is 0 Å². The predicted molar refractivity (Wildman–Crippen MR) is 149 cm³/mol. The standard InChI is InChI=1S/C32H52/c1-15-19-22(6)23(7)24(8)29(13)32(21(5)17-3)30(14)27(11)25(9)26(10)28(12)31(18-4)20-16-2/h18-19,21H,7,15-17,20H2,1-6,8-14H3. The molecule has 0 aromatic carbocycles. The Balaban J connectivity index is 6.86. The van der Waals surface area contributed by atoms with Gasteiger partial charge in [0.05, 0.1) is 0 Å². The second-order valence-electron chi connectivity index (χ2n) is 9.44. The third kappa shape index (κ3) is 7.65. The van der Waals surface area contributed by atoms with Crippen LogP contribution >= 0.6 is 0 Å². The zero-order valence-electron chi connectivity index (χ0n) is 23.8. The molecular formula is C32H52. The lowest BCUT2D eigenvalue weighted by Crippen LogP contribution is -2.07. The van der Waals surface area contributed by atoms with E-state index < -0.39 is 0 Å². The highest BCUT2D eigenvalue weighted by atomic mass is 14.2. The van der Waals surface area contributed by atoms with Crippen LogP contribution in [0.3, 0.4) is 0 Å². The van der Waals surface area contributed by atoms with Crippen molar-refractivity contribution < 1.29 is 0 Å². The summed E-state index contributed by atoms with van der Waals surface area (Å²) in [6.07, 6.45) is 9.07. The summed E-state index contributed by atoms with van der Waals surface area (Å²) in [7, 11) is 0. The van der Waals surface area contributed by atoms with Crippen LogP contribution in [-0.4, -0.2) is 0 Å². The monoisotopic (exact) mass is 436 g/mol. The summed E-state index contributed by atoms with van der Waals surface area (Å²) in [6.45, 7) is 33.9. The van der Waals surface area contributed by atoms with Crippen LogP contribution in [0, 0.1) is 5.92 Å². The van der Waals surface area contributed by atoms with Crippen molar-refractivity contribution in [2.75, 3.05) is 0 Å². The summed E-state index contributed by atoms with van der Waals surface area (Å²) in [5.74, 6) is 0.507. The van der Waals surface area contributed by atoms with E-state index in [-0.39, 0.29) is 0 Å². The number of hydrogen-bond acceptors (Lipinski definition) is 0. The summed E-state index contributed by atoms with van der Waals surface area (Å²) < 4.78 is 0. The quantitative estimate of drug-likeness (QED) is 0.282. The molecule has 180 valence electrons. The lowest BCUT2D eigenvalue weighted by Gasteiger charge is -2.24. The molecule has 0 aliphatic carbocycles. The van der Waals surface area contributed by atoms with E-state index in [4.69, 9.17) is 0 Å². The molecule has 0 aliphatic heterocycles. The van der Waals surface area contributed by atoms with Crippen LogP contribution in [0.2, 0.25) is 0 Å². The van der Waals surface area contributed by atoms with E-state index in [9.17, 15) is 0 Å². The Morgan fingerprint density at radius 3 is 1.66 bits per heavy atom. The molecule has 0 bridgehead atoms. The fourth-order valence-corrected chi connectivity index (χ4v) is 4.48. The lowest BCUT2D eigenvalue weighted by molar-refractivity contribution is 0.654. The topological polar surface area (TPSA) is 0 Å². The van der Waals surface area contributed by atoms with Gasteiger partial charge in [-0.1, -0.05) is 52.8 Å². The van der Waals surface area contributed by atoms with Gasteiger partial charge in [-0.25, -0.2) is 0 Å². The van der Waals surface area contributed by atoms with Gasteiger partial charge >= 0.3 is 0 Å². The first-order valence-corrected chi connectivity index (χ1v) is 12.7. The molecule has 0 N–H and O–H groups in total. The van der Waals surface area contributed by atoms with E-state index in [1.807, 2.05) is 0 Å². The molecule has 32 heavy (non-hydrogen) atoms.